The van der Waals surface area contributed by atoms with E-state index < -0.39 is 5.60 Å². The fourth-order valence-electron chi connectivity index (χ4n) is 2.22. The van der Waals surface area contributed by atoms with Crippen LogP contribution < -0.4 is 5.32 Å². The van der Waals surface area contributed by atoms with Gasteiger partial charge in [0.25, 0.3) is 0 Å². The predicted octanol–water partition coefficient (Wildman–Crippen LogP) is 2.93. The minimum Gasteiger partial charge on any atom is -0.388 e. The number of halogens is 1. The average molecular weight is 321 g/mol. The molecule has 1 amide bonds. The summed E-state index contributed by atoms with van der Waals surface area (Å²) < 4.78 is 13.5. The highest BCUT2D eigenvalue weighted by Crippen LogP contribution is 2.15. The molecule has 0 saturated carbocycles. The number of hydrogen-bond acceptors (Lipinski definition) is 3. The van der Waals surface area contributed by atoms with Crippen molar-refractivity contribution in [3.63, 3.8) is 0 Å². The Morgan fingerprint density at radius 2 is 2.14 bits per heavy atom. The van der Waals surface area contributed by atoms with E-state index in [9.17, 15) is 14.3 Å². The Hall–Kier alpha value is -1.72. The number of benzene rings is 1. The maximum absolute atomic E-state index is 13.5. The third kappa shape index (κ3) is 5.24. The summed E-state index contributed by atoms with van der Waals surface area (Å²) in [5.74, 6) is -0.478. The number of thiophene rings is 1. The number of aliphatic hydroxyl groups is 1. The molecule has 1 aromatic carbocycles. The second-order valence-corrected chi connectivity index (χ2v) is 6.45. The van der Waals surface area contributed by atoms with E-state index in [2.05, 4.69) is 5.32 Å². The lowest BCUT2D eigenvalue weighted by atomic mass is 9.98. The highest BCUT2D eigenvalue weighted by Gasteiger charge is 2.22. The summed E-state index contributed by atoms with van der Waals surface area (Å²) in [6.07, 6.45) is 1.05. The van der Waals surface area contributed by atoms with E-state index in [4.69, 9.17) is 0 Å². The Balaban J connectivity index is 1.76. The largest absolute Gasteiger partial charge is 0.388 e. The molecule has 2 N–H and O–H groups in total. The number of aryl methyl sites for hydroxylation is 1. The highest BCUT2D eigenvalue weighted by atomic mass is 32.1. The molecule has 1 atom stereocenters. The zero-order chi connectivity index (χ0) is 16.0. The van der Waals surface area contributed by atoms with Crippen molar-refractivity contribution >= 4 is 17.2 Å². The van der Waals surface area contributed by atoms with Crippen molar-refractivity contribution < 1.29 is 14.3 Å². The monoisotopic (exact) mass is 321 g/mol. The van der Waals surface area contributed by atoms with E-state index >= 15 is 0 Å². The van der Waals surface area contributed by atoms with E-state index in [1.165, 1.54) is 6.07 Å². The molecule has 2 rings (SSSR count). The Bertz CT molecular complexity index is 611. The van der Waals surface area contributed by atoms with Crippen LogP contribution in [-0.2, 0) is 17.6 Å². The lowest BCUT2D eigenvalue weighted by Gasteiger charge is -2.23. The van der Waals surface area contributed by atoms with Crippen LogP contribution in [0.4, 0.5) is 4.39 Å². The van der Waals surface area contributed by atoms with Crippen LogP contribution >= 0.6 is 11.3 Å². The standard InChI is InChI=1S/C17H20FNO2S/c1-17(21,10-13-8-9-22-11-13)12-19-16(20)7-6-14-4-2-3-5-15(14)18/h2-5,8-9,11,21H,6-7,10,12H2,1H3,(H,19,20). The van der Waals surface area contributed by atoms with Crippen LogP contribution in [0.5, 0.6) is 0 Å². The third-order valence-corrected chi connectivity index (χ3v) is 4.14. The predicted molar refractivity (Wildman–Crippen MR) is 86.4 cm³/mol. The molecule has 0 saturated heterocycles. The fourth-order valence-corrected chi connectivity index (χ4v) is 2.89. The first-order valence-corrected chi connectivity index (χ1v) is 8.14. The molecule has 1 aromatic heterocycles. The SMILES string of the molecule is CC(O)(CNC(=O)CCc1ccccc1F)Cc1ccsc1. The van der Waals surface area contributed by atoms with Crippen molar-refractivity contribution in [2.75, 3.05) is 6.54 Å². The Kier molecular flexibility index (Phi) is 5.69. The molecule has 0 fully saturated rings. The van der Waals surface area contributed by atoms with E-state index in [-0.39, 0.29) is 24.7 Å². The van der Waals surface area contributed by atoms with Crippen LogP contribution in [0, 0.1) is 5.82 Å². The lowest BCUT2D eigenvalue weighted by Crippen LogP contribution is -2.42. The molecule has 22 heavy (non-hydrogen) atoms. The van der Waals surface area contributed by atoms with Crippen LogP contribution in [0.3, 0.4) is 0 Å². The van der Waals surface area contributed by atoms with E-state index in [1.807, 2.05) is 16.8 Å². The van der Waals surface area contributed by atoms with Crippen LogP contribution in [0.25, 0.3) is 0 Å². The first-order valence-electron chi connectivity index (χ1n) is 7.20. The number of carbonyl (C=O) groups excluding carboxylic acids is 1. The van der Waals surface area contributed by atoms with Crippen molar-refractivity contribution in [3.05, 3.63) is 58.0 Å². The quantitative estimate of drug-likeness (QED) is 0.824. The topological polar surface area (TPSA) is 49.3 Å². The minimum absolute atomic E-state index is 0.180. The number of rotatable bonds is 7. The molecule has 0 aliphatic heterocycles. The summed E-state index contributed by atoms with van der Waals surface area (Å²) in [6, 6.07) is 8.40. The van der Waals surface area contributed by atoms with Crippen LogP contribution in [-0.4, -0.2) is 23.2 Å². The molecule has 5 heteroatoms. The maximum atomic E-state index is 13.5. The number of hydrogen-bond donors (Lipinski definition) is 2. The first kappa shape index (κ1) is 16.6. The summed E-state index contributed by atoms with van der Waals surface area (Å²) in [5.41, 5.74) is 0.590. The summed E-state index contributed by atoms with van der Waals surface area (Å²) in [6.45, 7) is 1.88. The third-order valence-electron chi connectivity index (χ3n) is 3.41. The normalized spacial score (nSPS) is 13.6. The second-order valence-electron chi connectivity index (χ2n) is 5.67. The van der Waals surface area contributed by atoms with Gasteiger partial charge in [-0.3, -0.25) is 4.79 Å². The van der Waals surface area contributed by atoms with Crippen LogP contribution in [0.1, 0.15) is 24.5 Å². The molecule has 3 nitrogen and oxygen atoms in total. The number of amides is 1. The Morgan fingerprint density at radius 3 is 2.82 bits per heavy atom. The molecule has 0 aliphatic carbocycles. The molecule has 118 valence electrons. The van der Waals surface area contributed by atoms with Gasteiger partial charge in [0.1, 0.15) is 5.82 Å². The zero-order valence-corrected chi connectivity index (χ0v) is 13.3. The van der Waals surface area contributed by atoms with E-state index in [0.29, 0.717) is 18.4 Å². The van der Waals surface area contributed by atoms with Gasteiger partial charge in [0.15, 0.2) is 0 Å². The van der Waals surface area contributed by atoms with Crippen molar-refractivity contribution in [1.82, 2.24) is 5.32 Å². The summed E-state index contributed by atoms with van der Waals surface area (Å²) in [7, 11) is 0. The van der Waals surface area contributed by atoms with Crippen molar-refractivity contribution in [2.24, 2.45) is 0 Å². The van der Waals surface area contributed by atoms with Gasteiger partial charge in [-0.05, 0) is 47.4 Å². The molecule has 0 radical (unpaired) electrons. The van der Waals surface area contributed by atoms with Gasteiger partial charge in [0.05, 0.1) is 5.60 Å². The average Bonchev–Trinajstić information content (AvgIpc) is 2.96. The lowest BCUT2D eigenvalue weighted by molar-refractivity contribution is -0.122. The van der Waals surface area contributed by atoms with E-state index in [0.717, 1.165) is 5.56 Å². The van der Waals surface area contributed by atoms with Crippen molar-refractivity contribution in [3.8, 4) is 0 Å². The van der Waals surface area contributed by atoms with Crippen molar-refractivity contribution in [2.45, 2.75) is 31.8 Å². The first-order chi connectivity index (χ1) is 10.5. The number of nitrogens with one attached hydrogen (secondary N) is 1. The molecule has 1 unspecified atom stereocenters. The van der Waals surface area contributed by atoms with Gasteiger partial charge in [0.2, 0.25) is 5.91 Å². The molecular weight excluding hydrogens is 301 g/mol. The minimum atomic E-state index is -0.991. The summed E-state index contributed by atoms with van der Waals surface area (Å²) in [5, 5.41) is 16.9. The zero-order valence-electron chi connectivity index (χ0n) is 12.5. The van der Waals surface area contributed by atoms with Gasteiger partial charge in [0, 0.05) is 19.4 Å². The maximum Gasteiger partial charge on any atom is 0.220 e. The molecule has 0 bridgehead atoms. The van der Waals surface area contributed by atoms with Gasteiger partial charge in [-0.25, -0.2) is 4.39 Å². The van der Waals surface area contributed by atoms with Crippen LogP contribution in [0.15, 0.2) is 41.1 Å². The highest BCUT2D eigenvalue weighted by molar-refractivity contribution is 7.07. The summed E-state index contributed by atoms with van der Waals surface area (Å²) >= 11 is 1.58. The van der Waals surface area contributed by atoms with Crippen molar-refractivity contribution in [1.29, 1.82) is 0 Å². The molecule has 2 aromatic rings. The van der Waals surface area contributed by atoms with Gasteiger partial charge in [-0.15, -0.1) is 0 Å². The molecule has 1 heterocycles. The van der Waals surface area contributed by atoms with Gasteiger partial charge in [-0.1, -0.05) is 18.2 Å². The molecule has 0 spiro atoms. The fraction of sp³-hybridized carbons (Fsp3) is 0.353. The molecular formula is C17H20FNO2S. The summed E-state index contributed by atoms with van der Waals surface area (Å²) in [4.78, 5) is 11.8. The second kappa shape index (κ2) is 7.51. The van der Waals surface area contributed by atoms with Gasteiger partial charge >= 0.3 is 0 Å². The Labute approximate surface area is 133 Å². The van der Waals surface area contributed by atoms with Gasteiger partial charge in [-0.2, -0.15) is 11.3 Å². The molecule has 0 aliphatic rings. The number of carbonyl (C=O) groups is 1. The van der Waals surface area contributed by atoms with Crippen LogP contribution in [0.2, 0.25) is 0 Å². The smallest absolute Gasteiger partial charge is 0.220 e. The van der Waals surface area contributed by atoms with E-state index in [1.54, 1.807) is 36.5 Å². The Morgan fingerprint density at radius 1 is 1.36 bits per heavy atom. The van der Waals surface area contributed by atoms with Gasteiger partial charge < -0.3 is 10.4 Å².